The molecule has 0 aliphatic carbocycles. The first-order chi connectivity index (χ1) is 14.1. The molecule has 0 atom stereocenters. The molecule has 4 rings (SSSR count). The van der Waals surface area contributed by atoms with Crippen LogP contribution in [0.5, 0.6) is 11.5 Å². The van der Waals surface area contributed by atoms with Crippen molar-refractivity contribution >= 4 is 26.8 Å². The SMILES string of the molecule is N#Cc1cc(C#N)cc(Oc2c(Br)ccc(Cc3[nH]nc4cnccc34)c2F)c1. The van der Waals surface area contributed by atoms with Crippen molar-refractivity contribution in [3.63, 3.8) is 0 Å². The Morgan fingerprint density at radius 3 is 2.59 bits per heavy atom. The molecule has 0 aliphatic rings. The zero-order valence-corrected chi connectivity index (χ0v) is 16.4. The smallest absolute Gasteiger partial charge is 0.177 e. The normalized spacial score (nSPS) is 10.5. The van der Waals surface area contributed by atoms with E-state index in [1.165, 1.54) is 18.2 Å². The second-order valence-corrected chi connectivity index (χ2v) is 7.05. The fourth-order valence-electron chi connectivity index (χ4n) is 2.95. The molecule has 0 unspecified atom stereocenters. The van der Waals surface area contributed by atoms with Gasteiger partial charge in [0.25, 0.3) is 0 Å². The number of hydrogen-bond acceptors (Lipinski definition) is 5. The number of benzene rings is 2. The third-order valence-corrected chi connectivity index (χ3v) is 4.94. The maximum atomic E-state index is 15.2. The van der Waals surface area contributed by atoms with E-state index in [1.807, 2.05) is 18.2 Å². The van der Waals surface area contributed by atoms with Gasteiger partial charge in [-0.05, 0) is 51.8 Å². The number of fused-ring (bicyclic) bond motifs is 1. The molecular weight excluding hydrogens is 437 g/mol. The number of pyridine rings is 1. The van der Waals surface area contributed by atoms with Gasteiger partial charge in [0.15, 0.2) is 11.6 Å². The van der Waals surface area contributed by atoms with Gasteiger partial charge in [0, 0.05) is 23.7 Å². The Kier molecular flexibility index (Phi) is 4.94. The maximum absolute atomic E-state index is 15.2. The van der Waals surface area contributed by atoms with Crippen LogP contribution in [0, 0.1) is 28.5 Å². The van der Waals surface area contributed by atoms with E-state index >= 15 is 4.39 Å². The number of aromatic amines is 1. The Hall–Kier alpha value is -3.75. The number of nitrogens with zero attached hydrogens (tertiary/aromatic N) is 4. The van der Waals surface area contributed by atoms with Crippen LogP contribution in [0.25, 0.3) is 10.9 Å². The fraction of sp³-hybridized carbons (Fsp3) is 0.0476. The summed E-state index contributed by atoms with van der Waals surface area (Å²) in [4.78, 5) is 4.02. The van der Waals surface area contributed by atoms with Gasteiger partial charge < -0.3 is 4.74 Å². The number of nitrogens with one attached hydrogen (secondary N) is 1. The minimum Gasteiger partial charge on any atom is -0.453 e. The van der Waals surface area contributed by atoms with E-state index in [0.29, 0.717) is 15.6 Å². The summed E-state index contributed by atoms with van der Waals surface area (Å²) >= 11 is 3.30. The Morgan fingerprint density at radius 2 is 1.86 bits per heavy atom. The summed E-state index contributed by atoms with van der Waals surface area (Å²) in [5.74, 6) is -0.362. The van der Waals surface area contributed by atoms with E-state index in [9.17, 15) is 0 Å². The van der Waals surface area contributed by atoms with Gasteiger partial charge in [0.05, 0.1) is 33.9 Å². The fourth-order valence-corrected chi connectivity index (χ4v) is 3.34. The van der Waals surface area contributed by atoms with Gasteiger partial charge in [-0.2, -0.15) is 15.6 Å². The second kappa shape index (κ2) is 7.70. The first-order valence-corrected chi connectivity index (χ1v) is 9.25. The van der Waals surface area contributed by atoms with Crippen LogP contribution in [0.3, 0.4) is 0 Å². The Balaban J connectivity index is 1.71. The Bertz CT molecular complexity index is 1290. The zero-order chi connectivity index (χ0) is 20.4. The van der Waals surface area contributed by atoms with Crippen molar-refractivity contribution in [2.75, 3.05) is 0 Å². The van der Waals surface area contributed by atoms with Crippen molar-refractivity contribution in [1.82, 2.24) is 15.2 Å². The molecule has 2 aromatic heterocycles. The lowest BCUT2D eigenvalue weighted by Gasteiger charge is -2.12. The lowest BCUT2D eigenvalue weighted by molar-refractivity contribution is 0.436. The van der Waals surface area contributed by atoms with E-state index in [1.54, 1.807) is 24.5 Å². The minimum atomic E-state index is -0.544. The van der Waals surface area contributed by atoms with Gasteiger partial charge in [-0.3, -0.25) is 10.1 Å². The van der Waals surface area contributed by atoms with Crippen LogP contribution in [-0.4, -0.2) is 15.2 Å². The highest BCUT2D eigenvalue weighted by Gasteiger charge is 2.17. The van der Waals surface area contributed by atoms with Crippen molar-refractivity contribution < 1.29 is 9.13 Å². The molecule has 0 spiro atoms. The summed E-state index contributed by atoms with van der Waals surface area (Å²) in [7, 11) is 0. The van der Waals surface area contributed by atoms with E-state index in [2.05, 4.69) is 31.1 Å². The molecule has 1 N–H and O–H groups in total. The molecule has 29 heavy (non-hydrogen) atoms. The number of nitriles is 2. The molecule has 140 valence electrons. The molecule has 0 amide bonds. The van der Waals surface area contributed by atoms with Crippen LogP contribution in [0.4, 0.5) is 4.39 Å². The van der Waals surface area contributed by atoms with Gasteiger partial charge in [0.2, 0.25) is 0 Å². The molecule has 0 saturated heterocycles. The molecule has 0 saturated carbocycles. The number of halogens is 2. The van der Waals surface area contributed by atoms with Gasteiger partial charge in [0.1, 0.15) is 11.3 Å². The van der Waals surface area contributed by atoms with Crippen molar-refractivity contribution in [3.05, 3.63) is 81.5 Å². The van der Waals surface area contributed by atoms with Crippen LogP contribution in [0.15, 0.2) is 53.3 Å². The van der Waals surface area contributed by atoms with Gasteiger partial charge in [-0.25, -0.2) is 4.39 Å². The number of ether oxygens (including phenoxy) is 1. The summed E-state index contributed by atoms with van der Waals surface area (Å²) in [6.07, 6.45) is 3.57. The zero-order valence-electron chi connectivity index (χ0n) is 14.8. The summed E-state index contributed by atoms with van der Waals surface area (Å²) in [6, 6.07) is 13.4. The van der Waals surface area contributed by atoms with Crippen molar-refractivity contribution in [1.29, 1.82) is 10.5 Å². The molecule has 2 aromatic carbocycles. The van der Waals surface area contributed by atoms with Crippen molar-refractivity contribution in [2.24, 2.45) is 0 Å². The topological polar surface area (TPSA) is 98.4 Å². The monoisotopic (exact) mass is 447 g/mol. The first kappa shape index (κ1) is 18.6. The van der Waals surface area contributed by atoms with E-state index in [4.69, 9.17) is 15.3 Å². The molecular formula is C21H11BrFN5O. The first-order valence-electron chi connectivity index (χ1n) is 8.46. The van der Waals surface area contributed by atoms with Crippen molar-refractivity contribution in [3.8, 4) is 23.6 Å². The molecule has 4 aromatic rings. The predicted octanol–water partition coefficient (Wildman–Crippen LogP) is 4.99. The lowest BCUT2D eigenvalue weighted by Crippen LogP contribution is -1.98. The maximum Gasteiger partial charge on any atom is 0.177 e. The van der Waals surface area contributed by atoms with Crippen LogP contribution in [-0.2, 0) is 6.42 Å². The van der Waals surface area contributed by atoms with Crippen molar-refractivity contribution in [2.45, 2.75) is 6.42 Å². The summed E-state index contributed by atoms with van der Waals surface area (Å²) < 4.78 is 21.4. The van der Waals surface area contributed by atoms with E-state index in [-0.39, 0.29) is 29.0 Å². The molecule has 0 bridgehead atoms. The third kappa shape index (κ3) is 3.66. The minimum absolute atomic E-state index is 0.0213. The highest BCUT2D eigenvalue weighted by molar-refractivity contribution is 9.10. The highest BCUT2D eigenvalue weighted by atomic mass is 79.9. The lowest BCUT2D eigenvalue weighted by atomic mass is 10.1. The van der Waals surface area contributed by atoms with Crippen LogP contribution < -0.4 is 4.74 Å². The molecule has 0 aliphatic heterocycles. The van der Waals surface area contributed by atoms with Crippen LogP contribution >= 0.6 is 15.9 Å². The highest BCUT2D eigenvalue weighted by Crippen LogP contribution is 2.35. The average molecular weight is 448 g/mol. The van der Waals surface area contributed by atoms with Gasteiger partial charge in [-0.15, -0.1) is 0 Å². The predicted molar refractivity (Wildman–Crippen MR) is 107 cm³/mol. The second-order valence-electron chi connectivity index (χ2n) is 6.19. The van der Waals surface area contributed by atoms with Crippen LogP contribution in [0.2, 0.25) is 0 Å². The number of hydrogen-bond donors (Lipinski definition) is 1. The quantitative estimate of drug-likeness (QED) is 0.475. The molecule has 0 radical (unpaired) electrons. The van der Waals surface area contributed by atoms with Gasteiger partial charge in [-0.1, -0.05) is 6.07 Å². The third-order valence-electron chi connectivity index (χ3n) is 4.32. The van der Waals surface area contributed by atoms with E-state index < -0.39 is 5.82 Å². The summed E-state index contributed by atoms with van der Waals surface area (Å²) in [5, 5.41) is 26.2. The largest absolute Gasteiger partial charge is 0.453 e. The Labute approximate surface area is 173 Å². The Morgan fingerprint density at radius 1 is 1.10 bits per heavy atom. The molecule has 0 fully saturated rings. The van der Waals surface area contributed by atoms with Crippen LogP contribution in [0.1, 0.15) is 22.4 Å². The molecule has 6 nitrogen and oxygen atoms in total. The standard InChI is InChI=1S/C21H11BrFN5O/c22-17-2-1-14(8-18-16-3-4-26-11-19(16)28-27-18)20(23)21(17)29-15-6-12(9-24)5-13(7-15)10-25/h1-7,11H,8H2,(H,27,28). The average Bonchev–Trinajstić information content (AvgIpc) is 3.15. The molecule has 8 heteroatoms. The molecule has 2 heterocycles. The summed E-state index contributed by atoms with van der Waals surface area (Å²) in [6.45, 7) is 0. The summed E-state index contributed by atoms with van der Waals surface area (Å²) in [5.41, 5.74) is 2.37. The van der Waals surface area contributed by atoms with Gasteiger partial charge >= 0.3 is 0 Å². The number of aromatic nitrogens is 3. The van der Waals surface area contributed by atoms with E-state index in [0.717, 1.165) is 11.1 Å². The number of H-pyrrole nitrogens is 1. The number of rotatable bonds is 4.